The van der Waals surface area contributed by atoms with Crippen LogP contribution in [0.3, 0.4) is 0 Å². The molecule has 0 atom stereocenters. The molecule has 7 nitrogen and oxygen atoms in total. The van der Waals surface area contributed by atoms with E-state index >= 15 is 0 Å². The third-order valence-electron chi connectivity index (χ3n) is 4.08. The number of fused-ring (bicyclic) bond motifs is 1. The van der Waals surface area contributed by atoms with E-state index in [1.54, 1.807) is 0 Å². The lowest BCUT2D eigenvalue weighted by Crippen LogP contribution is -2.26. The average Bonchev–Trinajstić information content (AvgIpc) is 3.04. The molecular formula is C19H8Cl2F4N2O5. The fourth-order valence-electron chi connectivity index (χ4n) is 2.76. The minimum Gasteiger partial charge on any atom is -0.619 e. The molecule has 4 rings (SSSR count). The first-order chi connectivity index (χ1) is 15.1. The van der Waals surface area contributed by atoms with E-state index in [2.05, 4.69) is 14.8 Å². The molecule has 0 saturated heterocycles. The van der Waals surface area contributed by atoms with Crippen molar-refractivity contribution in [3.63, 3.8) is 0 Å². The smallest absolute Gasteiger partial charge is 0.586 e. The van der Waals surface area contributed by atoms with E-state index in [0.717, 1.165) is 30.6 Å². The molecule has 0 saturated carbocycles. The second kappa shape index (κ2) is 7.92. The Morgan fingerprint density at radius 2 is 1.84 bits per heavy atom. The average molecular weight is 491 g/mol. The second-order valence-corrected chi connectivity index (χ2v) is 7.02. The zero-order valence-corrected chi connectivity index (χ0v) is 16.8. The van der Waals surface area contributed by atoms with Crippen molar-refractivity contribution in [2.45, 2.75) is 6.29 Å². The molecule has 0 spiro atoms. The lowest BCUT2D eigenvalue weighted by Gasteiger charge is -2.15. The molecule has 32 heavy (non-hydrogen) atoms. The van der Waals surface area contributed by atoms with Gasteiger partial charge < -0.3 is 24.7 Å². The second-order valence-electron chi connectivity index (χ2n) is 6.24. The van der Waals surface area contributed by atoms with E-state index in [-0.39, 0.29) is 10.7 Å². The van der Waals surface area contributed by atoms with Gasteiger partial charge >= 0.3 is 6.29 Å². The van der Waals surface area contributed by atoms with Crippen LogP contribution in [0.5, 0.6) is 23.0 Å². The lowest BCUT2D eigenvalue weighted by atomic mass is 10.1. The van der Waals surface area contributed by atoms with Gasteiger partial charge in [-0.25, -0.2) is 8.78 Å². The number of alkyl halides is 2. The van der Waals surface area contributed by atoms with Gasteiger partial charge in [0.05, 0.1) is 10.0 Å². The van der Waals surface area contributed by atoms with Crippen molar-refractivity contribution in [1.82, 2.24) is 0 Å². The number of anilines is 1. The number of nitrogens with one attached hydrogen (secondary N) is 1. The molecule has 13 heteroatoms. The van der Waals surface area contributed by atoms with Crippen molar-refractivity contribution >= 4 is 34.8 Å². The topological polar surface area (TPSA) is 83.7 Å². The van der Waals surface area contributed by atoms with Crippen LogP contribution in [0.2, 0.25) is 10.0 Å². The van der Waals surface area contributed by atoms with E-state index < -0.39 is 57.4 Å². The van der Waals surface area contributed by atoms with Crippen LogP contribution in [0.25, 0.3) is 0 Å². The molecule has 2 heterocycles. The number of carbonyl (C=O) groups excluding carboxylic acids is 1. The quantitative estimate of drug-likeness (QED) is 0.233. The van der Waals surface area contributed by atoms with Crippen molar-refractivity contribution in [3.05, 3.63) is 75.2 Å². The largest absolute Gasteiger partial charge is 0.619 e. The summed E-state index contributed by atoms with van der Waals surface area (Å²) in [5, 5.41) is 12.7. The Balaban J connectivity index is 1.76. The molecule has 1 N–H and O–H groups in total. The number of benzene rings is 2. The minimum absolute atomic E-state index is 0.00275. The van der Waals surface area contributed by atoms with Gasteiger partial charge in [0.15, 0.2) is 23.6 Å². The number of ether oxygens (including phenoxy) is 3. The summed E-state index contributed by atoms with van der Waals surface area (Å²) in [6.45, 7) is 0. The number of carbonyl (C=O) groups is 1. The molecular weight excluding hydrogens is 483 g/mol. The van der Waals surface area contributed by atoms with Gasteiger partial charge in [-0.3, -0.25) is 4.79 Å². The zero-order valence-electron chi connectivity index (χ0n) is 15.3. The lowest BCUT2D eigenvalue weighted by molar-refractivity contribution is -0.604. The fourth-order valence-corrected chi connectivity index (χ4v) is 3.09. The number of halogens is 6. The molecule has 2 aromatic carbocycles. The molecule has 0 fully saturated rings. The Hall–Kier alpha value is -3.44. The van der Waals surface area contributed by atoms with Crippen LogP contribution in [0.4, 0.5) is 23.2 Å². The van der Waals surface area contributed by atoms with Crippen molar-refractivity contribution in [2.75, 3.05) is 5.32 Å². The van der Waals surface area contributed by atoms with Gasteiger partial charge in [-0.15, -0.1) is 8.78 Å². The normalized spacial score (nSPS) is 13.7. The van der Waals surface area contributed by atoms with Gasteiger partial charge in [0.1, 0.15) is 17.0 Å². The summed E-state index contributed by atoms with van der Waals surface area (Å²) in [6, 6.07) is 5.26. The van der Waals surface area contributed by atoms with Crippen LogP contribution in [0, 0.1) is 16.8 Å². The summed E-state index contributed by atoms with van der Waals surface area (Å²) >= 11 is 11.7. The maximum absolute atomic E-state index is 14.9. The number of hydrogen-bond acceptors (Lipinski definition) is 5. The number of rotatable bonds is 4. The summed E-state index contributed by atoms with van der Waals surface area (Å²) in [7, 11) is 0. The van der Waals surface area contributed by atoms with Crippen LogP contribution in [0.1, 0.15) is 10.4 Å². The molecule has 0 unspecified atom stereocenters. The third kappa shape index (κ3) is 4.04. The van der Waals surface area contributed by atoms with Gasteiger partial charge in [-0.05, 0) is 18.2 Å². The highest BCUT2D eigenvalue weighted by Gasteiger charge is 2.47. The van der Waals surface area contributed by atoms with Crippen molar-refractivity contribution in [2.24, 2.45) is 0 Å². The first-order valence-corrected chi connectivity index (χ1v) is 9.25. The molecule has 1 aliphatic rings. The Bertz CT molecular complexity index is 1260. The molecule has 1 aliphatic heterocycles. The van der Waals surface area contributed by atoms with Crippen molar-refractivity contribution in [3.8, 4) is 23.0 Å². The highest BCUT2D eigenvalue weighted by atomic mass is 35.5. The maximum Gasteiger partial charge on any atom is 0.586 e. The van der Waals surface area contributed by atoms with Crippen molar-refractivity contribution < 1.29 is 41.3 Å². The summed E-state index contributed by atoms with van der Waals surface area (Å²) in [5.41, 5.74) is -0.771. The zero-order chi connectivity index (χ0) is 23.2. The highest BCUT2D eigenvalue weighted by Crippen LogP contribution is 2.50. The summed E-state index contributed by atoms with van der Waals surface area (Å²) in [5.74, 6) is -6.41. The summed E-state index contributed by atoms with van der Waals surface area (Å²) < 4.78 is 69.7. The molecule has 1 amide bonds. The number of aromatic nitrogens is 1. The molecule has 166 valence electrons. The number of nitrogens with zero attached hydrogens (tertiary/aromatic N) is 1. The van der Waals surface area contributed by atoms with E-state index in [9.17, 15) is 27.6 Å². The molecule has 0 aliphatic carbocycles. The van der Waals surface area contributed by atoms with Gasteiger partial charge in [0.2, 0.25) is 17.7 Å². The van der Waals surface area contributed by atoms with Gasteiger partial charge in [0.25, 0.3) is 5.91 Å². The number of amides is 1. The van der Waals surface area contributed by atoms with Crippen LogP contribution < -0.4 is 24.3 Å². The first kappa shape index (κ1) is 21.8. The third-order valence-corrected chi connectivity index (χ3v) is 4.84. The molecule has 3 aromatic rings. The molecule has 0 bridgehead atoms. The summed E-state index contributed by atoms with van der Waals surface area (Å²) in [6.07, 6.45) is -2.03. The Labute approximate surface area is 186 Å². The van der Waals surface area contributed by atoms with Crippen LogP contribution in [-0.2, 0) is 0 Å². The minimum atomic E-state index is -4.17. The maximum atomic E-state index is 14.9. The van der Waals surface area contributed by atoms with Crippen molar-refractivity contribution in [1.29, 1.82) is 0 Å². The predicted molar refractivity (Wildman–Crippen MR) is 102 cm³/mol. The van der Waals surface area contributed by atoms with Gasteiger partial charge in [-0.2, -0.15) is 4.73 Å². The molecule has 1 aromatic heterocycles. The fraction of sp³-hybridized carbons (Fsp3) is 0.0526. The van der Waals surface area contributed by atoms with E-state index in [0.29, 0.717) is 4.73 Å². The molecule has 0 radical (unpaired) electrons. The standard InChI is InChI=1S/C19H8Cl2F4N2O5/c20-9-6-12(30-11-4-3-10(22)16-17(11)32-19(24,25)31-16)13(15(23)14(9)21)18(28)26-8-2-1-5-27(29)7-8/h1-7H,(H,26,28). The van der Waals surface area contributed by atoms with Crippen LogP contribution in [0.15, 0.2) is 42.7 Å². The Morgan fingerprint density at radius 1 is 1.12 bits per heavy atom. The van der Waals surface area contributed by atoms with Gasteiger partial charge in [0, 0.05) is 12.1 Å². The number of hydrogen-bond donors (Lipinski definition) is 1. The van der Waals surface area contributed by atoms with Crippen LogP contribution in [-0.4, -0.2) is 12.2 Å². The predicted octanol–water partition coefficient (Wildman–Crippen LogP) is 5.27. The van der Waals surface area contributed by atoms with Gasteiger partial charge in [-0.1, -0.05) is 23.2 Å². The summed E-state index contributed by atoms with van der Waals surface area (Å²) in [4.78, 5) is 12.7. The Kier molecular flexibility index (Phi) is 5.39. The van der Waals surface area contributed by atoms with E-state index in [4.69, 9.17) is 27.9 Å². The van der Waals surface area contributed by atoms with Crippen LogP contribution >= 0.6 is 23.2 Å². The first-order valence-electron chi connectivity index (χ1n) is 8.49. The Morgan fingerprint density at radius 3 is 2.56 bits per heavy atom. The SMILES string of the molecule is O=C(Nc1ccc[n+]([O-])c1)c1c(Oc2ccc(F)c3c2OC(F)(F)O3)cc(Cl)c(Cl)c1F. The highest BCUT2D eigenvalue weighted by molar-refractivity contribution is 6.42. The monoisotopic (exact) mass is 490 g/mol. The van der Waals surface area contributed by atoms with E-state index in [1.165, 1.54) is 12.1 Å². The number of pyridine rings is 1. The van der Waals surface area contributed by atoms with E-state index in [1.807, 2.05) is 0 Å².